The van der Waals surface area contributed by atoms with Gasteiger partial charge in [0.15, 0.2) is 0 Å². The van der Waals surface area contributed by atoms with Crippen molar-refractivity contribution in [3.05, 3.63) is 0 Å². The minimum absolute atomic E-state index is 0.0599. The third kappa shape index (κ3) is 6.42. The van der Waals surface area contributed by atoms with Gasteiger partial charge in [-0.1, -0.05) is 52.9 Å². The Hall–Kier alpha value is -0.570. The summed E-state index contributed by atoms with van der Waals surface area (Å²) < 4.78 is 0. The normalized spacial score (nSPS) is 20.9. The summed E-state index contributed by atoms with van der Waals surface area (Å²) in [6.07, 6.45) is 8.30. The Morgan fingerprint density at radius 1 is 1.26 bits per heavy atom. The number of carbonyl (C=O) groups is 1. The molecule has 2 unspecified atom stereocenters. The molecule has 0 heterocycles. The Bertz CT molecular complexity index is 275. The van der Waals surface area contributed by atoms with Gasteiger partial charge in [0.05, 0.1) is 0 Å². The summed E-state index contributed by atoms with van der Waals surface area (Å²) in [6, 6.07) is 0.206. The van der Waals surface area contributed by atoms with Crippen molar-refractivity contribution >= 4 is 5.91 Å². The number of carbonyl (C=O) groups excluding carboxylic acids is 1. The Morgan fingerprint density at radius 2 is 1.84 bits per heavy atom. The van der Waals surface area contributed by atoms with E-state index in [9.17, 15) is 4.79 Å². The molecule has 0 radical (unpaired) electrons. The van der Waals surface area contributed by atoms with Crippen LogP contribution >= 0.6 is 0 Å². The zero-order chi connectivity index (χ0) is 14.5. The van der Waals surface area contributed by atoms with Gasteiger partial charge in [0, 0.05) is 18.5 Å². The predicted molar refractivity (Wildman–Crippen MR) is 80.8 cm³/mol. The Kier molecular flexibility index (Phi) is 6.31. The number of hydrogen-bond donors (Lipinski definition) is 2. The quantitative estimate of drug-likeness (QED) is 0.804. The standard InChI is InChI=1S/C16H32N2O/c1-12(17)10-15(19)18-14(16(2,3)4)11-13-8-6-5-7-9-13/h12-14H,5-11,17H2,1-4H3,(H,18,19). The van der Waals surface area contributed by atoms with Gasteiger partial charge in [-0.3, -0.25) is 4.79 Å². The van der Waals surface area contributed by atoms with Crippen LogP contribution in [-0.4, -0.2) is 18.0 Å². The van der Waals surface area contributed by atoms with Crippen LogP contribution in [0.4, 0.5) is 0 Å². The maximum Gasteiger partial charge on any atom is 0.221 e. The molecule has 3 nitrogen and oxygen atoms in total. The first kappa shape index (κ1) is 16.5. The molecule has 0 aromatic carbocycles. The molecule has 0 aromatic heterocycles. The minimum atomic E-state index is -0.0599. The van der Waals surface area contributed by atoms with Crippen molar-refractivity contribution in [3.63, 3.8) is 0 Å². The Balaban J connectivity index is 2.54. The summed E-state index contributed by atoms with van der Waals surface area (Å²) in [5, 5.41) is 3.22. The fourth-order valence-electron chi connectivity index (χ4n) is 2.93. The Morgan fingerprint density at radius 3 is 2.32 bits per heavy atom. The van der Waals surface area contributed by atoms with E-state index in [0.717, 1.165) is 12.3 Å². The average Bonchev–Trinajstić information content (AvgIpc) is 2.27. The maximum absolute atomic E-state index is 12.0. The van der Waals surface area contributed by atoms with Gasteiger partial charge >= 0.3 is 0 Å². The van der Waals surface area contributed by atoms with Crippen molar-refractivity contribution in [1.29, 1.82) is 0 Å². The summed E-state index contributed by atoms with van der Waals surface area (Å²) in [5.74, 6) is 0.888. The van der Waals surface area contributed by atoms with E-state index in [4.69, 9.17) is 5.73 Å². The molecular formula is C16H32N2O. The lowest BCUT2D eigenvalue weighted by atomic mass is 9.77. The first-order chi connectivity index (χ1) is 8.79. The van der Waals surface area contributed by atoms with Crippen LogP contribution in [0.25, 0.3) is 0 Å². The smallest absolute Gasteiger partial charge is 0.221 e. The number of hydrogen-bond acceptors (Lipinski definition) is 2. The zero-order valence-corrected chi connectivity index (χ0v) is 13.2. The van der Waals surface area contributed by atoms with Crippen LogP contribution in [0, 0.1) is 11.3 Å². The van der Waals surface area contributed by atoms with Gasteiger partial charge in [0.25, 0.3) is 0 Å². The first-order valence-electron chi connectivity index (χ1n) is 7.84. The molecule has 0 aliphatic heterocycles. The molecule has 1 saturated carbocycles. The van der Waals surface area contributed by atoms with Crippen LogP contribution in [0.15, 0.2) is 0 Å². The van der Waals surface area contributed by atoms with E-state index in [2.05, 4.69) is 26.1 Å². The Labute approximate surface area is 118 Å². The SMILES string of the molecule is CC(N)CC(=O)NC(CC1CCCCC1)C(C)(C)C. The predicted octanol–water partition coefficient (Wildman–Crippen LogP) is 3.23. The molecule has 0 spiro atoms. The molecule has 112 valence electrons. The average molecular weight is 268 g/mol. The number of rotatable bonds is 5. The minimum Gasteiger partial charge on any atom is -0.353 e. The van der Waals surface area contributed by atoms with E-state index < -0.39 is 0 Å². The summed E-state index contributed by atoms with van der Waals surface area (Å²) in [4.78, 5) is 12.0. The van der Waals surface area contributed by atoms with E-state index in [0.29, 0.717) is 6.42 Å². The molecule has 3 N–H and O–H groups in total. The van der Waals surface area contributed by atoms with Gasteiger partial charge < -0.3 is 11.1 Å². The van der Waals surface area contributed by atoms with Crippen LogP contribution in [-0.2, 0) is 4.79 Å². The van der Waals surface area contributed by atoms with Crippen molar-refractivity contribution in [2.75, 3.05) is 0 Å². The van der Waals surface area contributed by atoms with E-state index in [1.165, 1.54) is 32.1 Å². The molecule has 0 bridgehead atoms. The molecule has 3 heteroatoms. The molecule has 1 amide bonds. The highest BCUT2D eigenvalue weighted by molar-refractivity contribution is 5.76. The molecule has 1 aliphatic carbocycles. The third-order valence-electron chi connectivity index (χ3n) is 4.18. The van der Waals surface area contributed by atoms with Gasteiger partial charge in [-0.25, -0.2) is 0 Å². The highest BCUT2D eigenvalue weighted by Gasteiger charge is 2.29. The molecule has 1 fully saturated rings. The molecule has 19 heavy (non-hydrogen) atoms. The second kappa shape index (κ2) is 7.28. The van der Waals surface area contributed by atoms with Crippen LogP contribution in [0.2, 0.25) is 0 Å². The fraction of sp³-hybridized carbons (Fsp3) is 0.938. The van der Waals surface area contributed by atoms with Gasteiger partial charge in [-0.2, -0.15) is 0 Å². The molecular weight excluding hydrogens is 236 g/mol. The summed E-state index contributed by atoms with van der Waals surface area (Å²) >= 11 is 0. The molecule has 0 saturated heterocycles. The van der Waals surface area contributed by atoms with Crippen LogP contribution < -0.4 is 11.1 Å². The van der Waals surface area contributed by atoms with E-state index in [1.54, 1.807) is 0 Å². The molecule has 1 aliphatic rings. The van der Waals surface area contributed by atoms with E-state index in [-0.39, 0.29) is 23.4 Å². The third-order valence-corrected chi connectivity index (χ3v) is 4.18. The largest absolute Gasteiger partial charge is 0.353 e. The fourth-order valence-corrected chi connectivity index (χ4v) is 2.93. The number of amides is 1. The van der Waals surface area contributed by atoms with Crippen LogP contribution in [0.5, 0.6) is 0 Å². The van der Waals surface area contributed by atoms with Crippen molar-refractivity contribution in [1.82, 2.24) is 5.32 Å². The van der Waals surface area contributed by atoms with Crippen molar-refractivity contribution < 1.29 is 4.79 Å². The summed E-state index contributed by atoms with van der Waals surface area (Å²) in [7, 11) is 0. The van der Waals surface area contributed by atoms with Gasteiger partial charge in [0.2, 0.25) is 5.91 Å². The van der Waals surface area contributed by atoms with Crippen molar-refractivity contribution in [2.24, 2.45) is 17.1 Å². The zero-order valence-electron chi connectivity index (χ0n) is 13.2. The highest BCUT2D eigenvalue weighted by atomic mass is 16.1. The second-order valence-electron chi connectivity index (χ2n) is 7.41. The lowest BCUT2D eigenvalue weighted by molar-refractivity contribution is -0.123. The van der Waals surface area contributed by atoms with Crippen molar-refractivity contribution in [3.8, 4) is 0 Å². The molecule has 1 rings (SSSR count). The summed E-state index contributed by atoms with van der Waals surface area (Å²) in [6.45, 7) is 8.53. The molecule has 2 atom stereocenters. The second-order valence-corrected chi connectivity index (χ2v) is 7.41. The van der Waals surface area contributed by atoms with E-state index >= 15 is 0 Å². The van der Waals surface area contributed by atoms with Crippen LogP contribution in [0.3, 0.4) is 0 Å². The van der Waals surface area contributed by atoms with Gasteiger partial charge in [0.1, 0.15) is 0 Å². The maximum atomic E-state index is 12.0. The lowest BCUT2D eigenvalue weighted by Crippen LogP contribution is -2.46. The molecule has 0 aromatic rings. The van der Waals surface area contributed by atoms with E-state index in [1.807, 2.05) is 6.92 Å². The van der Waals surface area contributed by atoms with Crippen molar-refractivity contribution in [2.45, 2.75) is 84.7 Å². The van der Waals surface area contributed by atoms with Gasteiger partial charge in [-0.05, 0) is 24.7 Å². The highest BCUT2D eigenvalue weighted by Crippen LogP contribution is 2.32. The van der Waals surface area contributed by atoms with Gasteiger partial charge in [-0.15, -0.1) is 0 Å². The number of nitrogens with two attached hydrogens (primary N) is 1. The topological polar surface area (TPSA) is 55.1 Å². The number of nitrogens with one attached hydrogen (secondary N) is 1. The van der Waals surface area contributed by atoms with Crippen LogP contribution in [0.1, 0.15) is 72.6 Å². The summed E-state index contributed by atoms with van der Waals surface area (Å²) in [5.41, 5.74) is 5.82. The lowest BCUT2D eigenvalue weighted by Gasteiger charge is -2.35. The monoisotopic (exact) mass is 268 g/mol. The first-order valence-corrected chi connectivity index (χ1v) is 7.84.